The topological polar surface area (TPSA) is 58.6 Å². The van der Waals surface area contributed by atoms with Crippen molar-refractivity contribution in [2.24, 2.45) is 0 Å². The molecule has 0 N–H and O–H groups in total. The van der Waals surface area contributed by atoms with E-state index in [0.717, 1.165) is 29.5 Å². The van der Waals surface area contributed by atoms with Crippen molar-refractivity contribution in [2.75, 3.05) is 37.7 Å². The summed E-state index contributed by atoms with van der Waals surface area (Å²) >= 11 is 0. The van der Waals surface area contributed by atoms with Crippen LogP contribution in [0.15, 0.2) is 30.3 Å². The zero-order valence-electron chi connectivity index (χ0n) is 17.2. The van der Waals surface area contributed by atoms with Crippen molar-refractivity contribution in [3.8, 4) is 5.75 Å². The highest BCUT2D eigenvalue weighted by atomic mass is 19.4. The zero-order chi connectivity index (χ0) is 21.9. The fourth-order valence-electron chi connectivity index (χ4n) is 3.16. The van der Waals surface area contributed by atoms with E-state index in [1.807, 2.05) is 26.8 Å². The molecule has 0 spiro atoms. The second-order valence-corrected chi connectivity index (χ2v) is 7.56. The first-order valence-electron chi connectivity index (χ1n) is 9.82. The molecule has 0 saturated carbocycles. The van der Waals surface area contributed by atoms with Gasteiger partial charge in [0.1, 0.15) is 17.4 Å². The number of rotatable bonds is 5. The molecule has 0 atom stereocenters. The summed E-state index contributed by atoms with van der Waals surface area (Å²) in [5.41, 5.74) is 0.157. The predicted molar refractivity (Wildman–Crippen MR) is 107 cm³/mol. The lowest BCUT2D eigenvalue weighted by molar-refractivity contribution is -0.137. The van der Waals surface area contributed by atoms with Gasteiger partial charge in [0, 0.05) is 43.9 Å². The number of aromatic nitrogens is 2. The standard InChI is InChI=1S/C21H25F3N4O2/c1-14(2)20-25-15(3)12-18(26-20)27-8-10-28(11-9-27)19(29)13-30-17-6-4-16(5-7-17)21(22,23)24/h4-7,12,14H,8-11,13H2,1-3H3. The third-order valence-electron chi connectivity index (χ3n) is 4.87. The highest BCUT2D eigenvalue weighted by molar-refractivity contribution is 5.78. The largest absolute Gasteiger partial charge is 0.484 e. The van der Waals surface area contributed by atoms with Crippen molar-refractivity contribution in [1.82, 2.24) is 14.9 Å². The van der Waals surface area contributed by atoms with Gasteiger partial charge in [0.15, 0.2) is 6.61 Å². The summed E-state index contributed by atoms with van der Waals surface area (Å²) < 4.78 is 43.2. The van der Waals surface area contributed by atoms with Crippen LogP contribution >= 0.6 is 0 Å². The van der Waals surface area contributed by atoms with Crippen LogP contribution in [-0.2, 0) is 11.0 Å². The lowest BCUT2D eigenvalue weighted by atomic mass is 10.2. The molecule has 1 fully saturated rings. The van der Waals surface area contributed by atoms with Crippen molar-refractivity contribution >= 4 is 11.7 Å². The number of alkyl halides is 3. The zero-order valence-corrected chi connectivity index (χ0v) is 17.2. The van der Waals surface area contributed by atoms with Gasteiger partial charge in [-0.15, -0.1) is 0 Å². The van der Waals surface area contributed by atoms with Crippen molar-refractivity contribution in [3.63, 3.8) is 0 Å². The first-order valence-corrected chi connectivity index (χ1v) is 9.82. The van der Waals surface area contributed by atoms with Crippen LogP contribution in [0.2, 0.25) is 0 Å². The maximum absolute atomic E-state index is 12.6. The van der Waals surface area contributed by atoms with E-state index in [1.165, 1.54) is 12.1 Å². The molecule has 30 heavy (non-hydrogen) atoms. The maximum atomic E-state index is 12.6. The van der Waals surface area contributed by atoms with Crippen LogP contribution in [0.25, 0.3) is 0 Å². The molecule has 1 saturated heterocycles. The minimum atomic E-state index is -4.40. The Morgan fingerprint density at radius 1 is 1.10 bits per heavy atom. The Morgan fingerprint density at radius 3 is 2.30 bits per heavy atom. The smallest absolute Gasteiger partial charge is 0.416 e. The van der Waals surface area contributed by atoms with Crippen molar-refractivity contribution < 1.29 is 22.7 Å². The van der Waals surface area contributed by atoms with Gasteiger partial charge in [-0.05, 0) is 31.2 Å². The molecule has 0 aliphatic carbocycles. The minimum Gasteiger partial charge on any atom is -0.484 e. The summed E-state index contributed by atoms with van der Waals surface area (Å²) in [5, 5.41) is 0. The third kappa shape index (κ3) is 5.40. The third-order valence-corrected chi connectivity index (χ3v) is 4.87. The maximum Gasteiger partial charge on any atom is 0.416 e. The molecule has 1 aromatic carbocycles. The van der Waals surface area contributed by atoms with E-state index in [1.54, 1.807) is 4.90 Å². The summed E-state index contributed by atoms with van der Waals surface area (Å²) in [7, 11) is 0. The normalized spacial score (nSPS) is 14.9. The van der Waals surface area contributed by atoms with Crippen molar-refractivity contribution in [1.29, 1.82) is 0 Å². The monoisotopic (exact) mass is 422 g/mol. The van der Waals surface area contributed by atoms with E-state index in [4.69, 9.17) is 4.74 Å². The average Bonchev–Trinajstić information content (AvgIpc) is 2.71. The number of ether oxygens (including phenoxy) is 1. The lowest BCUT2D eigenvalue weighted by Crippen LogP contribution is -2.50. The lowest BCUT2D eigenvalue weighted by Gasteiger charge is -2.35. The second-order valence-electron chi connectivity index (χ2n) is 7.56. The van der Waals surface area contributed by atoms with Gasteiger partial charge in [-0.25, -0.2) is 9.97 Å². The molecule has 1 aliphatic rings. The highest BCUT2D eigenvalue weighted by Crippen LogP contribution is 2.30. The van der Waals surface area contributed by atoms with Gasteiger partial charge in [0.25, 0.3) is 5.91 Å². The molecular formula is C21H25F3N4O2. The van der Waals surface area contributed by atoms with Crippen LogP contribution in [0.4, 0.5) is 19.0 Å². The second kappa shape index (κ2) is 8.89. The van der Waals surface area contributed by atoms with Gasteiger partial charge in [-0.3, -0.25) is 4.79 Å². The molecule has 0 radical (unpaired) electrons. The number of aryl methyl sites for hydroxylation is 1. The number of amides is 1. The number of carbonyl (C=O) groups excluding carboxylic acids is 1. The molecule has 0 unspecified atom stereocenters. The van der Waals surface area contributed by atoms with Crippen LogP contribution in [0, 0.1) is 6.92 Å². The number of hydrogen-bond donors (Lipinski definition) is 0. The molecule has 0 bridgehead atoms. The number of carbonyl (C=O) groups is 1. The van der Waals surface area contributed by atoms with E-state index in [9.17, 15) is 18.0 Å². The molecule has 1 aromatic heterocycles. The van der Waals surface area contributed by atoms with Crippen LogP contribution in [0.3, 0.4) is 0 Å². The van der Waals surface area contributed by atoms with Gasteiger partial charge in [-0.2, -0.15) is 13.2 Å². The Morgan fingerprint density at radius 2 is 1.73 bits per heavy atom. The van der Waals surface area contributed by atoms with Crippen LogP contribution in [0.5, 0.6) is 5.75 Å². The summed E-state index contributed by atoms with van der Waals surface area (Å²) in [5.74, 6) is 1.92. The van der Waals surface area contributed by atoms with E-state index in [0.29, 0.717) is 26.2 Å². The Balaban J connectivity index is 1.52. The van der Waals surface area contributed by atoms with Gasteiger partial charge in [-0.1, -0.05) is 13.8 Å². The Kier molecular flexibility index (Phi) is 6.48. The minimum absolute atomic E-state index is 0.198. The molecule has 1 amide bonds. The van der Waals surface area contributed by atoms with E-state index in [2.05, 4.69) is 14.9 Å². The highest BCUT2D eigenvalue weighted by Gasteiger charge is 2.30. The Hall–Kier alpha value is -2.84. The fourth-order valence-corrected chi connectivity index (χ4v) is 3.16. The Bertz CT molecular complexity index is 877. The van der Waals surface area contributed by atoms with Crippen LogP contribution in [-0.4, -0.2) is 53.6 Å². The van der Waals surface area contributed by atoms with E-state index in [-0.39, 0.29) is 24.2 Å². The number of anilines is 1. The molecule has 162 valence electrons. The number of nitrogens with zero attached hydrogens (tertiary/aromatic N) is 4. The number of benzene rings is 1. The fraction of sp³-hybridized carbons (Fsp3) is 0.476. The molecule has 3 rings (SSSR count). The van der Waals surface area contributed by atoms with Gasteiger partial charge in [0.05, 0.1) is 5.56 Å². The molecule has 9 heteroatoms. The summed E-state index contributed by atoms with van der Waals surface area (Å²) in [6.07, 6.45) is -4.40. The molecule has 2 heterocycles. The van der Waals surface area contributed by atoms with Crippen LogP contribution in [0.1, 0.15) is 36.8 Å². The SMILES string of the molecule is Cc1cc(N2CCN(C(=O)COc3ccc(C(F)(F)F)cc3)CC2)nc(C(C)C)n1. The van der Waals surface area contributed by atoms with Gasteiger partial charge in [0.2, 0.25) is 0 Å². The molecular weight excluding hydrogens is 397 g/mol. The summed E-state index contributed by atoms with van der Waals surface area (Å²) in [4.78, 5) is 25.3. The molecule has 6 nitrogen and oxygen atoms in total. The number of piperazine rings is 1. The van der Waals surface area contributed by atoms with Crippen LogP contribution < -0.4 is 9.64 Å². The molecule has 1 aliphatic heterocycles. The quantitative estimate of drug-likeness (QED) is 0.736. The van der Waals surface area contributed by atoms with E-state index >= 15 is 0 Å². The van der Waals surface area contributed by atoms with Crippen molar-refractivity contribution in [2.45, 2.75) is 32.9 Å². The molecule has 2 aromatic rings. The van der Waals surface area contributed by atoms with Crippen molar-refractivity contribution in [3.05, 3.63) is 47.4 Å². The number of halogens is 3. The number of hydrogen-bond acceptors (Lipinski definition) is 5. The first-order chi connectivity index (χ1) is 14.1. The van der Waals surface area contributed by atoms with E-state index < -0.39 is 11.7 Å². The Labute approximate surface area is 173 Å². The first kappa shape index (κ1) is 21.9. The average molecular weight is 422 g/mol. The van der Waals surface area contributed by atoms with Gasteiger partial charge >= 0.3 is 6.18 Å². The van der Waals surface area contributed by atoms with Gasteiger partial charge < -0.3 is 14.5 Å². The predicted octanol–water partition coefficient (Wildman–Crippen LogP) is 3.65. The summed E-state index contributed by atoms with van der Waals surface area (Å²) in [6.45, 7) is 8.15. The summed E-state index contributed by atoms with van der Waals surface area (Å²) in [6, 6.07) is 6.26.